The third kappa shape index (κ3) is 5.75. The molecule has 0 aliphatic carbocycles. The molecule has 1 rings (SSSR count). The van der Waals surface area contributed by atoms with E-state index in [0.717, 1.165) is 25.5 Å². The van der Waals surface area contributed by atoms with Gasteiger partial charge in [-0.1, -0.05) is 6.07 Å². The van der Waals surface area contributed by atoms with Crippen LogP contribution in [-0.4, -0.2) is 19.1 Å². The molecule has 2 nitrogen and oxygen atoms in total. The summed E-state index contributed by atoms with van der Waals surface area (Å²) in [5.41, 5.74) is 6.17. The summed E-state index contributed by atoms with van der Waals surface area (Å²) in [6.07, 6.45) is 2.58. The van der Waals surface area contributed by atoms with E-state index in [-0.39, 0.29) is 6.04 Å². The van der Waals surface area contributed by atoms with Crippen molar-refractivity contribution in [2.45, 2.75) is 32.2 Å². The fourth-order valence-electron chi connectivity index (χ4n) is 1.62. The lowest BCUT2D eigenvalue weighted by Gasteiger charge is -2.07. The number of hydrogen-bond donors (Lipinski definition) is 2. The first kappa shape index (κ1) is 14.1. The Kier molecular flexibility index (Phi) is 6.08. The van der Waals surface area contributed by atoms with Gasteiger partial charge in [0.25, 0.3) is 0 Å². The summed E-state index contributed by atoms with van der Waals surface area (Å²) in [7, 11) is 0. The maximum Gasteiger partial charge on any atom is 0.129 e. The fraction of sp³-hybridized carbons (Fsp3) is 0.538. The van der Waals surface area contributed by atoms with Crippen LogP contribution in [0.25, 0.3) is 0 Å². The van der Waals surface area contributed by atoms with Crippen LogP contribution in [-0.2, 0) is 6.42 Å². The third-order valence-corrected chi connectivity index (χ3v) is 2.60. The minimum Gasteiger partial charge on any atom is -0.328 e. The van der Waals surface area contributed by atoms with E-state index in [4.69, 9.17) is 5.73 Å². The minimum absolute atomic E-state index is 0.228. The summed E-state index contributed by atoms with van der Waals surface area (Å²) >= 11 is 0. The molecule has 0 heterocycles. The van der Waals surface area contributed by atoms with E-state index in [2.05, 4.69) is 5.32 Å². The standard InChI is InChI=1S/C13H20F2N2/c1-10(16)3-2-7-17-8-6-11-4-5-12(14)9-13(11)15/h4-5,9-10,17H,2-3,6-8,16H2,1H3. The molecule has 0 radical (unpaired) electrons. The van der Waals surface area contributed by atoms with Crippen LogP contribution in [0.3, 0.4) is 0 Å². The number of nitrogens with one attached hydrogen (secondary N) is 1. The molecule has 1 aromatic carbocycles. The Morgan fingerprint density at radius 1 is 1.29 bits per heavy atom. The lowest BCUT2D eigenvalue weighted by Crippen LogP contribution is -2.22. The summed E-state index contributed by atoms with van der Waals surface area (Å²) in [5.74, 6) is -1.00. The van der Waals surface area contributed by atoms with Crippen molar-refractivity contribution in [1.29, 1.82) is 0 Å². The first-order chi connectivity index (χ1) is 8.09. The second-order valence-corrected chi connectivity index (χ2v) is 4.36. The molecule has 0 saturated carbocycles. The SMILES string of the molecule is CC(N)CCCNCCc1ccc(F)cc1F. The molecule has 4 heteroatoms. The van der Waals surface area contributed by atoms with Crippen LogP contribution in [0.1, 0.15) is 25.3 Å². The van der Waals surface area contributed by atoms with Gasteiger partial charge in [0.1, 0.15) is 11.6 Å². The number of benzene rings is 1. The molecule has 0 bridgehead atoms. The quantitative estimate of drug-likeness (QED) is 0.719. The van der Waals surface area contributed by atoms with E-state index in [9.17, 15) is 8.78 Å². The molecule has 1 aromatic rings. The molecule has 3 N–H and O–H groups in total. The Balaban J connectivity index is 2.18. The summed E-state index contributed by atoms with van der Waals surface area (Å²) in [4.78, 5) is 0. The summed E-state index contributed by atoms with van der Waals surface area (Å²) in [6.45, 7) is 3.56. The van der Waals surface area contributed by atoms with Crippen LogP contribution in [0.5, 0.6) is 0 Å². The molecule has 17 heavy (non-hydrogen) atoms. The van der Waals surface area contributed by atoms with E-state index in [0.29, 0.717) is 18.5 Å². The van der Waals surface area contributed by atoms with Gasteiger partial charge >= 0.3 is 0 Å². The maximum atomic E-state index is 13.2. The number of halogens is 2. The average Bonchev–Trinajstić information content (AvgIpc) is 2.25. The van der Waals surface area contributed by atoms with Gasteiger partial charge in [0.2, 0.25) is 0 Å². The van der Waals surface area contributed by atoms with E-state index in [1.54, 1.807) is 0 Å². The molecular formula is C13H20F2N2. The predicted molar refractivity (Wildman–Crippen MR) is 65.8 cm³/mol. The van der Waals surface area contributed by atoms with Crippen LogP contribution in [0.2, 0.25) is 0 Å². The Labute approximate surface area is 101 Å². The van der Waals surface area contributed by atoms with Crippen LogP contribution >= 0.6 is 0 Å². The van der Waals surface area contributed by atoms with E-state index in [1.165, 1.54) is 12.1 Å². The van der Waals surface area contributed by atoms with Crippen molar-refractivity contribution in [3.8, 4) is 0 Å². The topological polar surface area (TPSA) is 38.0 Å². The molecule has 0 aliphatic heterocycles. The Hall–Kier alpha value is -1.00. The highest BCUT2D eigenvalue weighted by Crippen LogP contribution is 2.09. The molecule has 96 valence electrons. The van der Waals surface area contributed by atoms with Crippen LogP contribution < -0.4 is 11.1 Å². The van der Waals surface area contributed by atoms with E-state index in [1.807, 2.05) is 6.92 Å². The lowest BCUT2D eigenvalue weighted by molar-refractivity contribution is 0.555. The van der Waals surface area contributed by atoms with Gasteiger partial charge in [0.05, 0.1) is 0 Å². The van der Waals surface area contributed by atoms with Crippen molar-refractivity contribution in [3.63, 3.8) is 0 Å². The third-order valence-electron chi connectivity index (χ3n) is 2.60. The molecular weight excluding hydrogens is 222 g/mol. The first-order valence-corrected chi connectivity index (χ1v) is 6.00. The van der Waals surface area contributed by atoms with Crippen LogP contribution in [0.4, 0.5) is 8.78 Å². The highest BCUT2D eigenvalue weighted by atomic mass is 19.1. The number of hydrogen-bond acceptors (Lipinski definition) is 2. The monoisotopic (exact) mass is 242 g/mol. The largest absolute Gasteiger partial charge is 0.328 e. The fourth-order valence-corrected chi connectivity index (χ4v) is 1.62. The zero-order valence-corrected chi connectivity index (χ0v) is 10.2. The van der Waals surface area contributed by atoms with Gasteiger partial charge in [-0.3, -0.25) is 0 Å². The van der Waals surface area contributed by atoms with Gasteiger partial charge < -0.3 is 11.1 Å². The first-order valence-electron chi connectivity index (χ1n) is 6.00. The molecule has 0 saturated heterocycles. The van der Waals surface area contributed by atoms with Gasteiger partial charge in [0, 0.05) is 12.1 Å². The molecule has 0 spiro atoms. The second-order valence-electron chi connectivity index (χ2n) is 4.36. The van der Waals surface area contributed by atoms with E-state index < -0.39 is 11.6 Å². The number of rotatable bonds is 7. The molecule has 0 aliphatic rings. The van der Waals surface area contributed by atoms with Crippen LogP contribution in [0.15, 0.2) is 18.2 Å². The molecule has 0 aromatic heterocycles. The average molecular weight is 242 g/mol. The highest BCUT2D eigenvalue weighted by molar-refractivity contribution is 5.18. The van der Waals surface area contributed by atoms with Crippen molar-refractivity contribution >= 4 is 0 Å². The number of nitrogens with two attached hydrogens (primary N) is 1. The van der Waals surface area contributed by atoms with Crippen molar-refractivity contribution in [2.24, 2.45) is 5.73 Å². The summed E-state index contributed by atoms with van der Waals surface area (Å²) in [6, 6.07) is 3.93. The molecule has 1 unspecified atom stereocenters. The normalized spacial score (nSPS) is 12.7. The maximum absolute atomic E-state index is 13.2. The molecule has 0 fully saturated rings. The van der Waals surface area contributed by atoms with Gasteiger partial charge in [-0.25, -0.2) is 8.78 Å². The van der Waals surface area contributed by atoms with Gasteiger partial charge in [-0.2, -0.15) is 0 Å². The van der Waals surface area contributed by atoms with Crippen molar-refractivity contribution in [1.82, 2.24) is 5.32 Å². The summed E-state index contributed by atoms with van der Waals surface area (Å²) in [5, 5.41) is 3.22. The molecule has 1 atom stereocenters. The Morgan fingerprint density at radius 2 is 2.06 bits per heavy atom. The predicted octanol–water partition coefficient (Wildman–Crippen LogP) is 2.22. The highest BCUT2D eigenvalue weighted by Gasteiger charge is 2.02. The van der Waals surface area contributed by atoms with Gasteiger partial charge in [-0.05, 0) is 50.9 Å². The second kappa shape index (κ2) is 7.35. The minimum atomic E-state index is -0.531. The zero-order chi connectivity index (χ0) is 12.7. The van der Waals surface area contributed by atoms with Crippen molar-refractivity contribution in [2.75, 3.05) is 13.1 Å². The smallest absolute Gasteiger partial charge is 0.129 e. The summed E-state index contributed by atoms with van der Waals surface area (Å²) < 4.78 is 25.9. The van der Waals surface area contributed by atoms with E-state index >= 15 is 0 Å². The molecule has 0 amide bonds. The Bertz CT molecular complexity index is 340. The van der Waals surface area contributed by atoms with Gasteiger partial charge in [0.15, 0.2) is 0 Å². The zero-order valence-electron chi connectivity index (χ0n) is 10.2. The van der Waals surface area contributed by atoms with Crippen molar-refractivity contribution < 1.29 is 8.78 Å². The van der Waals surface area contributed by atoms with Crippen LogP contribution in [0, 0.1) is 11.6 Å². The van der Waals surface area contributed by atoms with Crippen molar-refractivity contribution in [3.05, 3.63) is 35.4 Å². The lowest BCUT2D eigenvalue weighted by atomic mass is 10.1. The van der Waals surface area contributed by atoms with Gasteiger partial charge in [-0.15, -0.1) is 0 Å². The Morgan fingerprint density at radius 3 is 2.71 bits per heavy atom.